The fourth-order valence-electron chi connectivity index (χ4n) is 2.99. The van der Waals surface area contributed by atoms with E-state index in [2.05, 4.69) is 15.4 Å². The molecule has 0 unspecified atom stereocenters. The molecule has 0 radical (unpaired) electrons. The fourth-order valence-corrected chi connectivity index (χ4v) is 3.93. The molecule has 118 valence electrons. The molecule has 0 saturated heterocycles. The molecule has 0 aliphatic heterocycles. The van der Waals surface area contributed by atoms with Crippen LogP contribution in [0.5, 0.6) is 0 Å². The SMILES string of the molecule is Cc1nc(-c2cnn(C)c2)sc1C(=O)NC1(CN)CCCC1. The summed E-state index contributed by atoms with van der Waals surface area (Å²) in [7, 11) is 1.86. The zero-order valence-corrected chi connectivity index (χ0v) is 13.7. The quantitative estimate of drug-likeness (QED) is 0.900. The number of nitrogens with two attached hydrogens (primary N) is 1. The van der Waals surface area contributed by atoms with E-state index >= 15 is 0 Å². The van der Waals surface area contributed by atoms with Crippen molar-refractivity contribution in [3.05, 3.63) is 23.0 Å². The highest BCUT2D eigenvalue weighted by Crippen LogP contribution is 2.31. The smallest absolute Gasteiger partial charge is 0.263 e. The van der Waals surface area contributed by atoms with Crippen molar-refractivity contribution in [2.24, 2.45) is 12.8 Å². The molecule has 3 N–H and O–H groups in total. The fraction of sp³-hybridized carbons (Fsp3) is 0.533. The van der Waals surface area contributed by atoms with Gasteiger partial charge >= 0.3 is 0 Å². The van der Waals surface area contributed by atoms with Gasteiger partial charge < -0.3 is 11.1 Å². The second kappa shape index (κ2) is 5.81. The van der Waals surface area contributed by atoms with Crippen molar-refractivity contribution in [2.45, 2.75) is 38.1 Å². The van der Waals surface area contributed by atoms with Crippen molar-refractivity contribution in [2.75, 3.05) is 6.54 Å². The van der Waals surface area contributed by atoms with Gasteiger partial charge in [0, 0.05) is 25.4 Å². The summed E-state index contributed by atoms with van der Waals surface area (Å²) in [5, 5.41) is 8.13. The normalized spacial score (nSPS) is 16.9. The van der Waals surface area contributed by atoms with E-state index in [4.69, 9.17) is 5.73 Å². The molecule has 1 fully saturated rings. The van der Waals surface area contributed by atoms with Crippen LogP contribution in [0, 0.1) is 6.92 Å². The number of aromatic nitrogens is 3. The lowest BCUT2D eigenvalue weighted by atomic mass is 9.98. The zero-order chi connectivity index (χ0) is 15.7. The third-order valence-electron chi connectivity index (χ3n) is 4.28. The Morgan fingerprint density at radius 1 is 1.50 bits per heavy atom. The van der Waals surface area contributed by atoms with Gasteiger partial charge in [-0.1, -0.05) is 12.8 Å². The lowest BCUT2D eigenvalue weighted by Gasteiger charge is -2.28. The Balaban J connectivity index is 1.82. The molecule has 2 aromatic heterocycles. The molecule has 22 heavy (non-hydrogen) atoms. The molecule has 2 heterocycles. The number of rotatable bonds is 4. The summed E-state index contributed by atoms with van der Waals surface area (Å²) in [5.41, 5.74) is 7.35. The average Bonchev–Trinajstić information content (AvgIpc) is 3.19. The number of carbonyl (C=O) groups is 1. The van der Waals surface area contributed by atoms with Crippen LogP contribution in [0.2, 0.25) is 0 Å². The van der Waals surface area contributed by atoms with Gasteiger partial charge in [0.1, 0.15) is 9.88 Å². The Hall–Kier alpha value is -1.73. The molecular formula is C15H21N5OS. The first-order valence-electron chi connectivity index (χ1n) is 7.52. The zero-order valence-electron chi connectivity index (χ0n) is 12.9. The number of nitrogens with zero attached hydrogens (tertiary/aromatic N) is 3. The summed E-state index contributed by atoms with van der Waals surface area (Å²) in [6.07, 6.45) is 7.84. The van der Waals surface area contributed by atoms with Crippen molar-refractivity contribution < 1.29 is 4.79 Å². The summed E-state index contributed by atoms with van der Waals surface area (Å²) in [6, 6.07) is 0. The number of thiazole rings is 1. The lowest BCUT2D eigenvalue weighted by Crippen LogP contribution is -2.51. The first kappa shape index (κ1) is 15.2. The van der Waals surface area contributed by atoms with Gasteiger partial charge in [-0.05, 0) is 19.8 Å². The Morgan fingerprint density at radius 2 is 2.23 bits per heavy atom. The third kappa shape index (κ3) is 2.78. The minimum absolute atomic E-state index is 0.0579. The Kier molecular flexibility index (Phi) is 4.01. The maximum atomic E-state index is 12.6. The minimum atomic E-state index is -0.234. The van der Waals surface area contributed by atoms with E-state index in [1.807, 2.05) is 20.2 Å². The van der Waals surface area contributed by atoms with Crippen molar-refractivity contribution in [3.8, 4) is 10.6 Å². The molecule has 0 atom stereocenters. The molecule has 6 nitrogen and oxygen atoms in total. The van der Waals surface area contributed by atoms with Crippen LogP contribution in [0.15, 0.2) is 12.4 Å². The summed E-state index contributed by atoms with van der Waals surface area (Å²) in [6.45, 7) is 2.36. The number of hydrogen-bond donors (Lipinski definition) is 2. The second-order valence-electron chi connectivity index (χ2n) is 5.98. The Bertz CT molecular complexity index is 684. The Morgan fingerprint density at radius 3 is 2.82 bits per heavy atom. The monoisotopic (exact) mass is 319 g/mol. The van der Waals surface area contributed by atoms with Gasteiger partial charge in [0.15, 0.2) is 0 Å². The molecule has 7 heteroatoms. The Labute approximate surface area is 133 Å². The summed E-state index contributed by atoms with van der Waals surface area (Å²) in [4.78, 5) is 17.8. The van der Waals surface area contributed by atoms with Crippen molar-refractivity contribution in [1.29, 1.82) is 0 Å². The van der Waals surface area contributed by atoms with Crippen LogP contribution >= 0.6 is 11.3 Å². The van der Waals surface area contributed by atoms with Crippen molar-refractivity contribution in [3.63, 3.8) is 0 Å². The van der Waals surface area contributed by atoms with E-state index in [9.17, 15) is 4.79 Å². The van der Waals surface area contributed by atoms with Gasteiger partial charge in [0.05, 0.1) is 17.4 Å². The minimum Gasteiger partial charge on any atom is -0.345 e. The van der Waals surface area contributed by atoms with E-state index in [-0.39, 0.29) is 11.4 Å². The second-order valence-corrected chi connectivity index (χ2v) is 6.98. The molecule has 1 aliphatic carbocycles. The number of aryl methyl sites for hydroxylation is 2. The maximum absolute atomic E-state index is 12.6. The van der Waals surface area contributed by atoms with Gasteiger partial charge in [0.2, 0.25) is 0 Å². The predicted octanol–water partition coefficient (Wildman–Crippen LogP) is 1.85. The first-order valence-corrected chi connectivity index (χ1v) is 8.34. The number of amides is 1. The van der Waals surface area contributed by atoms with Crippen LogP contribution in [0.1, 0.15) is 41.0 Å². The van der Waals surface area contributed by atoms with E-state index in [0.29, 0.717) is 11.4 Å². The van der Waals surface area contributed by atoms with E-state index in [0.717, 1.165) is 41.9 Å². The van der Waals surface area contributed by atoms with Crippen molar-refractivity contribution in [1.82, 2.24) is 20.1 Å². The largest absolute Gasteiger partial charge is 0.345 e. The van der Waals surface area contributed by atoms with Crippen molar-refractivity contribution >= 4 is 17.2 Å². The summed E-state index contributed by atoms with van der Waals surface area (Å²) >= 11 is 1.41. The molecule has 1 amide bonds. The average molecular weight is 319 g/mol. The molecular weight excluding hydrogens is 298 g/mol. The molecule has 0 bridgehead atoms. The van der Waals surface area contributed by atoms with E-state index in [1.54, 1.807) is 10.9 Å². The summed E-state index contributed by atoms with van der Waals surface area (Å²) < 4.78 is 1.73. The molecule has 1 saturated carbocycles. The molecule has 1 aliphatic rings. The molecule has 2 aromatic rings. The van der Waals surface area contributed by atoms with Crippen LogP contribution in [0.3, 0.4) is 0 Å². The van der Waals surface area contributed by atoms with E-state index < -0.39 is 0 Å². The predicted molar refractivity (Wildman–Crippen MR) is 86.8 cm³/mol. The van der Waals surface area contributed by atoms with Gasteiger partial charge in [-0.15, -0.1) is 11.3 Å². The van der Waals surface area contributed by atoms with Crippen LogP contribution in [0.4, 0.5) is 0 Å². The van der Waals surface area contributed by atoms with Crippen LogP contribution in [0.25, 0.3) is 10.6 Å². The van der Waals surface area contributed by atoms with Gasteiger partial charge in [0.25, 0.3) is 5.91 Å². The first-order chi connectivity index (χ1) is 10.5. The molecule has 0 spiro atoms. The van der Waals surface area contributed by atoms with Gasteiger partial charge in [-0.3, -0.25) is 9.48 Å². The van der Waals surface area contributed by atoms with Crippen LogP contribution in [-0.2, 0) is 7.05 Å². The third-order valence-corrected chi connectivity index (χ3v) is 5.49. The highest BCUT2D eigenvalue weighted by Gasteiger charge is 2.35. The van der Waals surface area contributed by atoms with Crippen LogP contribution < -0.4 is 11.1 Å². The molecule has 0 aromatic carbocycles. The number of hydrogen-bond acceptors (Lipinski definition) is 5. The van der Waals surface area contributed by atoms with Gasteiger partial charge in [-0.25, -0.2) is 4.98 Å². The number of nitrogens with one attached hydrogen (secondary N) is 1. The standard InChI is InChI=1S/C15H21N5OS/c1-10-12(13(21)19-15(9-16)5-3-4-6-15)22-14(18-10)11-7-17-20(2)8-11/h7-8H,3-6,9,16H2,1-2H3,(H,19,21). The summed E-state index contributed by atoms with van der Waals surface area (Å²) in [5.74, 6) is -0.0579. The van der Waals surface area contributed by atoms with Gasteiger partial charge in [-0.2, -0.15) is 5.10 Å². The highest BCUT2D eigenvalue weighted by atomic mass is 32.1. The van der Waals surface area contributed by atoms with E-state index in [1.165, 1.54) is 11.3 Å². The highest BCUT2D eigenvalue weighted by molar-refractivity contribution is 7.17. The topological polar surface area (TPSA) is 85.8 Å². The lowest BCUT2D eigenvalue weighted by molar-refractivity contribution is 0.0906. The molecule has 3 rings (SSSR count). The van der Waals surface area contributed by atoms with Crippen LogP contribution in [-0.4, -0.2) is 32.8 Å². The number of carbonyl (C=O) groups excluding carboxylic acids is 1. The maximum Gasteiger partial charge on any atom is 0.263 e.